The summed E-state index contributed by atoms with van der Waals surface area (Å²) in [5.74, 6) is -2.64. The zero-order valence-corrected chi connectivity index (χ0v) is 13.9. The number of carbonyl (C=O) groups is 2. The van der Waals surface area contributed by atoms with Gasteiger partial charge in [0, 0.05) is 12.1 Å². The Kier molecular flexibility index (Phi) is 4.12. The minimum absolute atomic E-state index is 0.000723. The number of aryl methyl sites for hydroxylation is 1. The molecular weight excluding hydrogens is 326 g/mol. The molecule has 1 aromatic heterocycles. The van der Waals surface area contributed by atoms with Crippen LogP contribution in [0.2, 0.25) is 5.82 Å². The summed E-state index contributed by atoms with van der Waals surface area (Å²) in [5.41, 5.74) is 2.92. The van der Waals surface area contributed by atoms with Gasteiger partial charge < -0.3 is 5.73 Å². The van der Waals surface area contributed by atoms with Crippen LogP contribution in [-0.4, -0.2) is 60.6 Å². The SMILES string of the molecule is [B]c1c([B])c(N)c2c(=O)n(C3([B])C(=O)NC(=O)CC3[B])c(C)nc2c1[B]. The molecule has 3 rings (SSSR count). The Balaban J connectivity index is 2.44. The molecule has 2 heterocycles. The summed E-state index contributed by atoms with van der Waals surface area (Å²) in [6.07, 6.45) is -0.256. The molecule has 0 aliphatic carbocycles. The molecule has 3 N–H and O–H groups in total. The van der Waals surface area contributed by atoms with Crippen molar-refractivity contribution in [3.63, 3.8) is 0 Å². The summed E-state index contributed by atoms with van der Waals surface area (Å²) in [6, 6.07) is 0. The van der Waals surface area contributed by atoms with Crippen LogP contribution in [0.1, 0.15) is 12.2 Å². The van der Waals surface area contributed by atoms with Crippen LogP contribution in [0, 0.1) is 6.92 Å². The van der Waals surface area contributed by atoms with Crippen molar-refractivity contribution in [2.24, 2.45) is 0 Å². The van der Waals surface area contributed by atoms with Crippen molar-refractivity contribution in [2.75, 3.05) is 5.73 Å². The molecule has 118 valence electrons. The second-order valence-corrected chi connectivity index (χ2v) is 6.19. The minimum atomic E-state index is -2.05. The Morgan fingerprint density at radius 2 is 1.81 bits per heavy atom. The maximum absolute atomic E-state index is 13.2. The lowest BCUT2D eigenvalue weighted by Crippen LogP contribution is -2.61. The molecule has 0 saturated carbocycles. The summed E-state index contributed by atoms with van der Waals surface area (Å²) in [7, 11) is 29.6. The van der Waals surface area contributed by atoms with E-state index < -0.39 is 28.6 Å². The molecular formula is C14H9B5N4O3. The number of aromatic nitrogens is 2. The van der Waals surface area contributed by atoms with E-state index in [4.69, 9.17) is 45.0 Å². The fourth-order valence-electron chi connectivity index (χ4n) is 3.12. The minimum Gasteiger partial charge on any atom is -0.399 e. The van der Waals surface area contributed by atoms with Gasteiger partial charge in [-0.25, -0.2) is 4.98 Å². The van der Waals surface area contributed by atoms with Gasteiger partial charge in [-0.05, 0) is 12.7 Å². The summed E-state index contributed by atoms with van der Waals surface area (Å²) >= 11 is 0. The van der Waals surface area contributed by atoms with E-state index in [-0.39, 0.29) is 45.2 Å². The number of nitrogens with one attached hydrogen (secondary N) is 1. The Labute approximate surface area is 155 Å². The van der Waals surface area contributed by atoms with E-state index in [1.54, 1.807) is 0 Å². The summed E-state index contributed by atoms with van der Waals surface area (Å²) in [6.45, 7) is 1.44. The number of fused-ring (bicyclic) bond motifs is 1. The van der Waals surface area contributed by atoms with Gasteiger partial charge in [-0.2, -0.15) is 0 Å². The van der Waals surface area contributed by atoms with Gasteiger partial charge in [0.25, 0.3) is 5.56 Å². The molecule has 2 aromatic rings. The maximum atomic E-state index is 13.2. The molecule has 12 heteroatoms. The van der Waals surface area contributed by atoms with Gasteiger partial charge in [-0.15, -0.1) is 5.46 Å². The number of imide groups is 1. The molecule has 10 radical (unpaired) electrons. The van der Waals surface area contributed by atoms with Crippen molar-refractivity contribution in [2.45, 2.75) is 24.6 Å². The third-order valence-electron chi connectivity index (χ3n) is 4.60. The summed E-state index contributed by atoms with van der Waals surface area (Å²) in [4.78, 5) is 41.3. The number of rotatable bonds is 1. The fourth-order valence-corrected chi connectivity index (χ4v) is 3.12. The van der Waals surface area contributed by atoms with E-state index in [9.17, 15) is 14.4 Å². The highest BCUT2D eigenvalue weighted by Gasteiger charge is 2.46. The van der Waals surface area contributed by atoms with Crippen molar-refractivity contribution in [1.29, 1.82) is 0 Å². The highest BCUT2D eigenvalue weighted by atomic mass is 16.2. The van der Waals surface area contributed by atoms with Crippen LogP contribution in [0.15, 0.2) is 4.79 Å². The Morgan fingerprint density at radius 3 is 2.38 bits per heavy atom. The smallest absolute Gasteiger partial charge is 0.263 e. The van der Waals surface area contributed by atoms with Gasteiger partial charge in [-0.3, -0.25) is 24.3 Å². The number of piperidine rings is 1. The lowest BCUT2D eigenvalue weighted by molar-refractivity contribution is -0.137. The monoisotopic (exact) mass is 336 g/mol. The van der Waals surface area contributed by atoms with Crippen molar-refractivity contribution in [3.8, 4) is 0 Å². The second-order valence-electron chi connectivity index (χ2n) is 6.19. The van der Waals surface area contributed by atoms with E-state index in [2.05, 4.69) is 10.3 Å². The first-order valence-electron chi connectivity index (χ1n) is 7.56. The zero-order valence-electron chi connectivity index (χ0n) is 13.9. The topological polar surface area (TPSA) is 107 Å². The number of nitrogens with zero attached hydrogens (tertiary/aromatic N) is 2. The number of hydrogen-bond donors (Lipinski definition) is 2. The van der Waals surface area contributed by atoms with Crippen LogP contribution >= 0.6 is 0 Å². The molecule has 2 unspecified atom stereocenters. The van der Waals surface area contributed by atoms with Crippen LogP contribution < -0.4 is 33.0 Å². The standard InChI is InChI=1S/C14H9B5N4O3/c1-3-21-11-6(10(20)8(17)7(16)9(11)18)12(25)23(3)14(19)4(15)2-5(24)22-13(14)26/h4H,2,20H2,1H3,(H,22,24,26). The first-order valence-corrected chi connectivity index (χ1v) is 7.56. The van der Waals surface area contributed by atoms with Crippen molar-refractivity contribution < 1.29 is 9.59 Å². The second kappa shape index (κ2) is 5.82. The highest BCUT2D eigenvalue weighted by Crippen LogP contribution is 2.32. The molecule has 1 aromatic carbocycles. The predicted molar refractivity (Wildman–Crippen MR) is 102 cm³/mol. The average molecular weight is 335 g/mol. The molecule has 1 saturated heterocycles. The largest absolute Gasteiger partial charge is 0.399 e. The lowest BCUT2D eigenvalue weighted by Gasteiger charge is -2.41. The molecule has 1 aliphatic rings. The molecule has 2 amide bonds. The number of amides is 2. The highest BCUT2D eigenvalue weighted by molar-refractivity contribution is 6.61. The third kappa shape index (κ3) is 2.27. The van der Waals surface area contributed by atoms with Gasteiger partial charge in [0.2, 0.25) is 11.8 Å². The average Bonchev–Trinajstić information content (AvgIpc) is 2.55. The molecule has 0 spiro atoms. The van der Waals surface area contributed by atoms with Crippen molar-refractivity contribution >= 4 is 84.0 Å². The molecule has 26 heavy (non-hydrogen) atoms. The number of benzene rings is 1. The summed E-state index contributed by atoms with van der Waals surface area (Å²) < 4.78 is 0.896. The van der Waals surface area contributed by atoms with Crippen LogP contribution in [0.5, 0.6) is 0 Å². The Morgan fingerprint density at radius 1 is 1.19 bits per heavy atom. The van der Waals surface area contributed by atoms with E-state index in [0.717, 1.165) is 4.57 Å². The first kappa shape index (κ1) is 18.4. The van der Waals surface area contributed by atoms with E-state index in [1.165, 1.54) is 6.92 Å². The van der Waals surface area contributed by atoms with Gasteiger partial charge in [-0.1, -0.05) is 10.9 Å². The zero-order chi connectivity index (χ0) is 19.5. The van der Waals surface area contributed by atoms with Gasteiger partial charge >= 0.3 is 0 Å². The van der Waals surface area contributed by atoms with Crippen molar-refractivity contribution in [3.05, 3.63) is 16.2 Å². The normalized spacial score (nSPS) is 23.2. The number of hydrogen-bond acceptors (Lipinski definition) is 5. The van der Waals surface area contributed by atoms with E-state index in [0.29, 0.717) is 0 Å². The third-order valence-corrected chi connectivity index (χ3v) is 4.60. The maximum Gasteiger partial charge on any atom is 0.263 e. The Bertz CT molecular complexity index is 1050. The number of nitrogen functional groups attached to an aromatic ring is 1. The van der Waals surface area contributed by atoms with Crippen molar-refractivity contribution in [1.82, 2.24) is 14.9 Å². The fraction of sp³-hybridized carbons (Fsp3) is 0.286. The van der Waals surface area contributed by atoms with Gasteiger partial charge in [0.1, 0.15) is 37.2 Å². The Hall–Kier alpha value is -2.38. The van der Waals surface area contributed by atoms with E-state index in [1.807, 2.05) is 0 Å². The molecule has 7 nitrogen and oxygen atoms in total. The van der Waals surface area contributed by atoms with Gasteiger partial charge in [0.15, 0.2) is 0 Å². The summed E-state index contributed by atoms with van der Waals surface area (Å²) in [5, 5.41) is 1.94. The molecule has 2 atom stereocenters. The first-order chi connectivity index (χ1) is 12.0. The number of carbonyl (C=O) groups excluding carboxylic acids is 2. The van der Waals surface area contributed by atoms with Crippen LogP contribution in [0.4, 0.5) is 5.69 Å². The predicted octanol–water partition coefficient (Wildman–Crippen LogP) is -4.51. The molecule has 0 bridgehead atoms. The van der Waals surface area contributed by atoms with Crippen LogP contribution in [0.25, 0.3) is 10.9 Å². The van der Waals surface area contributed by atoms with E-state index >= 15 is 0 Å². The van der Waals surface area contributed by atoms with Crippen LogP contribution in [0.3, 0.4) is 0 Å². The number of nitrogens with two attached hydrogens (primary N) is 1. The molecule has 1 aliphatic heterocycles. The molecule has 1 fully saturated rings. The number of anilines is 1. The lowest BCUT2D eigenvalue weighted by atomic mass is 9.56. The van der Waals surface area contributed by atoms with Gasteiger partial charge in [0.05, 0.1) is 24.2 Å². The quantitative estimate of drug-likeness (QED) is 0.310. The van der Waals surface area contributed by atoms with Crippen LogP contribution in [-0.2, 0) is 15.0 Å².